The molecule has 0 saturated carbocycles. The molecule has 0 radical (unpaired) electrons. The minimum absolute atomic E-state index is 0.159. The van der Waals surface area contributed by atoms with Gasteiger partial charge >= 0.3 is 5.97 Å². The molecule has 2 N–H and O–H groups in total. The number of H-pyrrole nitrogens is 1. The number of aliphatic carboxylic acids is 1. The SMILES string of the molecule is C[C@@H]1COCCN1c1cc(C(C)(C)C(=O)O)c2snc(-c3ccn[nH]3)c2n1. The van der Waals surface area contributed by atoms with Crippen molar-refractivity contribution in [2.75, 3.05) is 24.7 Å². The third-order valence-electron chi connectivity index (χ3n) is 5.04. The van der Waals surface area contributed by atoms with Crippen LogP contribution in [-0.4, -0.2) is 56.4 Å². The summed E-state index contributed by atoms with van der Waals surface area (Å²) in [6.07, 6.45) is 1.66. The quantitative estimate of drug-likeness (QED) is 0.709. The zero-order chi connectivity index (χ0) is 19.2. The fraction of sp³-hybridized carbons (Fsp3) is 0.444. The van der Waals surface area contributed by atoms with Crippen molar-refractivity contribution in [2.24, 2.45) is 0 Å². The van der Waals surface area contributed by atoms with Gasteiger partial charge in [0.05, 0.1) is 35.1 Å². The molecular weight excluding hydrogens is 366 g/mol. The topological polar surface area (TPSA) is 104 Å². The number of aromatic nitrogens is 4. The van der Waals surface area contributed by atoms with Crippen LogP contribution >= 0.6 is 11.5 Å². The summed E-state index contributed by atoms with van der Waals surface area (Å²) in [5, 5.41) is 16.7. The summed E-state index contributed by atoms with van der Waals surface area (Å²) in [6, 6.07) is 3.89. The number of pyridine rings is 1. The van der Waals surface area contributed by atoms with Crippen LogP contribution in [0.15, 0.2) is 18.3 Å². The van der Waals surface area contributed by atoms with E-state index in [2.05, 4.69) is 26.4 Å². The Morgan fingerprint density at radius 3 is 2.96 bits per heavy atom. The van der Waals surface area contributed by atoms with Gasteiger partial charge in [0.15, 0.2) is 0 Å². The van der Waals surface area contributed by atoms with Crippen molar-refractivity contribution in [1.29, 1.82) is 0 Å². The van der Waals surface area contributed by atoms with Gasteiger partial charge in [-0.05, 0) is 50.0 Å². The summed E-state index contributed by atoms with van der Waals surface area (Å²) in [5.41, 5.74) is 1.81. The molecule has 0 aromatic carbocycles. The molecule has 4 heterocycles. The predicted molar refractivity (Wildman–Crippen MR) is 103 cm³/mol. The summed E-state index contributed by atoms with van der Waals surface area (Å²) < 4.78 is 10.9. The number of ether oxygens (including phenoxy) is 1. The van der Waals surface area contributed by atoms with E-state index in [1.807, 2.05) is 12.1 Å². The first-order valence-corrected chi connectivity index (χ1v) is 9.55. The number of carbonyl (C=O) groups is 1. The van der Waals surface area contributed by atoms with Crippen LogP contribution in [0.1, 0.15) is 26.3 Å². The highest BCUT2D eigenvalue weighted by molar-refractivity contribution is 7.13. The van der Waals surface area contributed by atoms with Crippen molar-refractivity contribution in [1.82, 2.24) is 19.6 Å². The summed E-state index contributed by atoms with van der Waals surface area (Å²) in [6.45, 7) is 7.46. The van der Waals surface area contributed by atoms with Crippen molar-refractivity contribution in [2.45, 2.75) is 32.2 Å². The number of hydrogen-bond acceptors (Lipinski definition) is 7. The van der Waals surface area contributed by atoms with E-state index in [-0.39, 0.29) is 6.04 Å². The van der Waals surface area contributed by atoms with Gasteiger partial charge in [0.2, 0.25) is 0 Å². The second-order valence-electron chi connectivity index (χ2n) is 7.25. The van der Waals surface area contributed by atoms with Gasteiger partial charge in [0.1, 0.15) is 17.0 Å². The molecule has 9 heteroatoms. The Balaban J connectivity index is 1.96. The smallest absolute Gasteiger partial charge is 0.313 e. The molecule has 3 aromatic heterocycles. The maximum absolute atomic E-state index is 12.0. The zero-order valence-electron chi connectivity index (χ0n) is 15.4. The molecule has 1 atom stereocenters. The molecule has 0 bridgehead atoms. The molecule has 1 aliphatic heterocycles. The summed E-state index contributed by atoms with van der Waals surface area (Å²) in [5.74, 6) is -0.129. The lowest BCUT2D eigenvalue weighted by molar-refractivity contribution is -0.142. The Morgan fingerprint density at radius 1 is 1.48 bits per heavy atom. The fourth-order valence-electron chi connectivity index (χ4n) is 3.27. The summed E-state index contributed by atoms with van der Waals surface area (Å²) >= 11 is 1.27. The number of aromatic amines is 1. The van der Waals surface area contributed by atoms with Crippen LogP contribution in [0.4, 0.5) is 5.82 Å². The standard InChI is InChI=1S/C18H21N5O3S/c1-10-9-26-7-6-23(10)13-8-11(18(2,3)17(24)25)16-15(20-13)14(22-27-16)12-4-5-19-21-12/h4-5,8,10H,6-7,9H2,1-3H3,(H,19,21)(H,24,25)/t10-/m1/s1. The van der Waals surface area contributed by atoms with Gasteiger partial charge in [0, 0.05) is 12.7 Å². The van der Waals surface area contributed by atoms with Crippen LogP contribution in [0.5, 0.6) is 0 Å². The monoisotopic (exact) mass is 387 g/mol. The Bertz CT molecular complexity index is 982. The second kappa shape index (κ2) is 6.58. The third kappa shape index (κ3) is 2.96. The molecular formula is C18H21N5O3S. The van der Waals surface area contributed by atoms with E-state index in [0.29, 0.717) is 31.0 Å². The average molecular weight is 387 g/mol. The molecule has 0 spiro atoms. The first kappa shape index (κ1) is 17.9. The average Bonchev–Trinajstić information content (AvgIpc) is 3.30. The first-order valence-electron chi connectivity index (χ1n) is 8.78. The minimum Gasteiger partial charge on any atom is -0.481 e. The minimum atomic E-state index is -1.07. The molecule has 3 aromatic rings. The van der Waals surface area contributed by atoms with E-state index < -0.39 is 11.4 Å². The molecule has 0 unspecified atom stereocenters. The number of nitrogens with zero attached hydrogens (tertiary/aromatic N) is 4. The number of rotatable bonds is 4. The van der Waals surface area contributed by atoms with Crippen LogP contribution in [0.25, 0.3) is 21.6 Å². The van der Waals surface area contributed by atoms with Crippen LogP contribution in [0, 0.1) is 0 Å². The Morgan fingerprint density at radius 2 is 2.30 bits per heavy atom. The Labute approximate surface area is 160 Å². The van der Waals surface area contributed by atoms with Crippen molar-refractivity contribution in [3.63, 3.8) is 0 Å². The highest BCUT2D eigenvalue weighted by Crippen LogP contribution is 2.39. The number of hydrogen-bond donors (Lipinski definition) is 2. The van der Waals surface area contributed by atoms with E-state index in [1.54, 1.807) is 20.0 Å². The fourth-order valence-corrected chi connectivity index (χ4v) is 4.27. The summed E-state index contributed by atoms with van der Waals surface area (Å²) in [4.78, 5) is 19.0. The van der Waals surface area contributed by atoms with E-state index in [1.165, 1.54) is 11.5 Å². The third-order valence-corrected chi connectivity index (χ3v) is 5.91. The number of carboxylic acids is 1. The van der Waals surface area contributed by atoms with Gasteiger partial charge < -0.3 is 14.7 Å². The lowest BCUT2D eigenvalue weighted by atomic mass is 9.84. The van der Waals surface area contributed by atoms with Gasteiger partial charge in [-0.15, -0.1) is 0 Å². The van der Waals surface area contributed by atoms with Gasteiger partial charge in [-0.25, -0.2) is 4.98 Å². The van der Waals surface area contributed by atoms with Crippen LogP contribution in [-0.2, 0) is 14.9 Å². The molecule has 1 aliphatic rings. The van der Waals surface area contributed by atoms with Crippen molar-refractivity contribution in [3.05, 3.63) is 23.9 Å². The highest BCUT2D eigenvalue weighted by atomic mass is 32.1. The van der Waals surface area contributed by atoms with Crippen LogP contribution in [0.3, 0.4) is 0 Å². The molecule has 142 valence electrons. The normalized spacial score (nSPS) is 18.2. The highest BCUT2D eigenvalue weighted by Gasteiger charge is 2.34. The predicted octanol–water partition coefficient (Wildman–Crippen LogP) is 2.67. The zero-order valence-corrected chi connectivity index (χ0v) is 16.2. The van der Waals surface area contributed by atoms with Crippen molar-refractivity contribution in [3.8, 4) is 11.4 Å². The maximum atomic E-state index is 12.0. The van der Waals surface area contributed by atoms with E-state index in [9.17, 15) is 9.90 Å². The second-order valence-corrected chi connectivity index (χ2v) is 8.03. The van der Waals surface area contributed by atoms with E-state index in [0.717, 1.165) is 21.8 Å². The van der Waals surface area contributed by atoms with Gasteiger partial charge in [-0.3, -0.25) is 9.89 Å². The van der Waals surface area contributed by atoms with E-state index in [4.69, 9.17) is 9.72 Å². The largest absolute Gasteiger partial charge is 0.481 e. The van der Waals surface area contributed by atoms with Gasteiger partial charge in [-0.1, -0.05) is 0 Å². The van der Waals surface area contributed by atoms with Gasteiger partial charge in [-0.2, -0.15) is 9.47 Å². The first-order chi connectivity index (χ1) is 12.9. The molecule has 0 amide bonds. The number of fused-ring (bicyclic) bond motifs is 1. The molecule has 1 saturated heterocycles. The lowest BCUT2D eigenvalue weighted by Crippen LogP contribution is -2.44. The number of nitrogens with one attached hydrogen (secondary N) is 1. The number of anilines is 1. The molecule has 1 fully saturated rings. The van der Waals surface area contributed by atoms with Crippen LogP contribution < -0.4 is 4.90 Å². The van der Waals surface area contributed by atoms with Crippen molar-refractivity contribution >= 4 is 33.5 Å². The molecule has 27 heavy (non-hydrogen) atoms. The van der Waals surface area contributed by atoms with Gasteiger partial charge in [0.25, 0.3) is 0 Å². The van der Waals surface area contributed by atoms with Crippen molar-refractivity contribution < 1.29 is 14.6 Å². The maximum Gasteiger partial charge on any atom is 0.313 e. The Hall–Kier alpha value is -2.52. The summed E-state index contributed by atoms with van der Waals surface area (Å²) in [7, 11) is 0. The molecule has 0 aliphatic carbocycles. The Kier molecular flexibility index (Phi) is 4.35. The molecule has 4 rings (SSSR count). The number of morpholine rings is 1. The number of carboxylic acid groups (broad SMARTS) is 1. The molecule has 8 nitrogen and oxygen atoms in total. The van der Waals surface area contributed by atoms with E-state index >= 15 is 0 Å². The lowest BCUT2D eigenvalue weighted by Gasteiger charge is -2.35. The van der Waals surface area contributed by atoms with Crippen LogP contribution in [0.2, 0.25) is 0 Å².